The Kier molecular flexibility index (Phi) is 3.11. The van der Waals surface area contributed by atoms with Crippen LogP contribution in [0.15, 0.2) is 35.9 Å². The third kappa shape index (κ3) is 1.98. The Morgan fingerprint density at radius 2 is 1.75 bits per heavy atom. The minimum Gasteiger partial charge on any atom is -0.553 e. The first-order valence-electron chi connectivity index (χ1n) is 4.02. The van der Waals surface area contributed by atoms with E-state index in [4.69, 9.17) is 4.43 Å². The summed E-state index contributed by atoms with van der Waals surface area (Å²) < 4.78 is 5.42. The molecule has 0 spiro atoms. The number of hydrogen-bond donors (Lipinski definition) is 0. The maximum atomic E-state index is 5.42. The molecule has 64 valence electrons. The molecule has 1 aromatic rings. The zero-order valence-electron chi connectivity index (χ0n) is 7.79. The van der Waals surface area contributed by atoms with Crippen molar-refractivity contribution in [2.24, 2.45) is 0 Å². The quantitative estimate of drug-likeness (QED) is 0.495. The number of hydrogen-bond acceptors (Lipinski definition) is 1. The highest BCUT2D eigenvalue weighted by Crippen LogP contribution is 2.17. The second kappa shape index (κ2) is 4.12. The molecule has 0 aliphatic heterocycles. The number of rotatable bonds is 2. The van der Waals surface area contributed by atoms with E-state index in [9.17, 15) is 0 Å². The van der Waals surface area contributed by atoms with E-state index in [1.54, 1.807) is 0 Å². The van der Waals surface area contributed by atoms with E-state index < -0.39 is 0 Å². The molecule has 1 aromatic carbocycles. The van der Waals surface area contributed by atoms with E-state index in [-0.39, 0.29) is 0 Å². The van der Waals surface area contributed by atoms with Crippen LogP contribution in [0.4, 0.5) is 0 Å². The summed E-state index contributed by atoms with van der Waals surface area (Å²) >= 11 is 0. The summed E-state index contributed by atoms with van der Waals surface area (Å²) in [5, 5.41) is 0. The van der Waals surface area contributed by atoms with Crippen molar-refractivity contribution in [2.75, 3.05) is 0 Å². The molecule has 2 heteroatoms. The summed E-state index contributed by atoms with van der Waals surface area (Å²) in [6, 6.07) is 10.2. The molecule has 0 unspecified atom stereocenters. The van der Waals surface area contributed by atoms with Crippen molar-refractivity contribution < 1.29 is 4.43 Å². The maximum absolute atomic E-state index is 5.42. The van der Waals surface area contributed by atoms with Gasteiger partial charge in [-0.3, -0.25) is 0 Å². The minimum absolute atomic E-state index is 0.747. The molecule has 1 nitrogen and oxygen atoms in total. The Bertz CT molecular complexity index is 273. The Morgan fingerprint density at radius 1 is 1.17 bits per heavy atom. The molecule has 0 N–H and O–H groups in total. The Hall–Kier alpha value is -1.02. The molecule has 0 heterocycles. The summed E-state index contributed by atoms with van der Waals surface area (Å²) in [6.07, 6.45) is 0. The third-order valence-electron chi connectivity index (χ3n) is 1.69. The van der Waals surface area contributed by atoms with Crippen LogP contribution in [-0.2, 0) is 4.43 Å². The Morgan fingerprint density at radius 3 is 2.17 bits per heavy atom. The summed E-state index contributed by atoms with van der Waals surface area (Å²) in [5.74, 6) is 1.03. The zero-order chi connectivity index (χ0) is 8.97. The lowest BCUT2D eigenvalue weighted by atomic mass is 10.1. The van der Waals surface area contributed by atoms with Crippen LogP contribution in [0.1, 0.15) is 19.4 Å². The minimum atomic E-state index is 0.747. The van der Waals surface area contributed by atoms with E-state index in [0.717, 1.165) is 16.2 Å². The van der Waals surface area contributed by atoms with E-state index in [1.165, 1.54) is 11.1 Å². The van der Waals surface area contributed by atoms with Gasteiger partial charge in [0.05, 0.1) is 0 Å². The molecule has 1 rings (SSSR count). The molecular weight excluding hydrogens is 164 g/mol. The van der Waals surface area contributed by atoms with Crippen LogP contribution in [0.25, 0.3) is 5.76 Å². The molecule has 0 aliphatic rings. The predicted octanol–water partition coefficient (Wildman–Crippen LogP) is 1.73. The summed E-state index contributed by atoms with van der Waals surface area (Å²) in [7, 11) is 0.747. The monoisotopic (exact) mass is 178 g/mol. The average Bonchev–Trinajstić information content (AvgIpc) is 2.07. The van der Waals surface area contributed by atoms with E-state index >= 15 is 0 Å². The molecule has 0 aliphatic carbocycles. The van der Waals surface area contributed by atoms with Gasteiger partial charge in [0.15, 0.2) is 0 Å². The molecule has 0 aromatic heterocycles. The van der Waals surface area contributed by atoms with Crippen LogP contribution < -0.4 is 0 Å². The normalized spacial score (nSPS) is 9.50. The van der Waals surface area contributed by atoms with Gasteiger partial charge in [0.2, 0.25) is 10.5 Å². The predicted molar refractivity (Wildman–Crippen MR) is 55.7 cm³/mol. The average molecular weight is 178 g/mol. The van der Waals surface area contributed by atoms with Gasteiger partial charge in [-0.05, 0) is 19.4 Å². The van der Waals surface area contributed by atoms with Crippen LogP contribution >= 0.6 is 0 Å². The summed E-state index contributed by atoms with van der Waals surface area (Å²) in [5.41, 5.74) is 2.41. The van der Waals surface area contributed by atoms with E-state index in [1.807, 2.05) is 18.2 Å². The highest BCUT2D eigenvalue weighted by atomic mass is 28.2. The molecule has 0 amide bonds. The van der Waals surface area contributed by atoms with Crippen molar-refractivity contribution in [3.8, 4) is 0 Å². The SMILES string of the molecule is CC(C)=C(O[SiH3])c1ccccc1. The molecule has 0 saturated heterocycles. The van der Waals surface area contributed by atoms with Gasteiger partial charge in [-0.25, -0.2) is 0 Å². The second-order valence-corrected chi connectivity index (χ2v) is 3.31. The Balaban J connectivity index is 3.05. The van der Waals surface area contributed by atoms with Gasteiger partial charge in [-0.15, -0.1) is 0 Å². The van der Waals surface area contributed by atoms with Crippen LogP contribution in [-0.4, -0.2) is 10.5 Å². The zero-order valence-corrected chi connectivity index (χ0v) is 9.79. The van der Waals surface area contributed by atoms with Crippen molar-refractivity contribution in [1.29, 1.82) is 0 Å². The van der Waals surface area contributed by atoms with Gasteiger partial charge in [0.1, 0.15) is 5.76 Å². The van der Waals surface area contributed by atoms with E-state index in [2.05, 4.69) is 26.0 Å². The third-order valence-corrected chi connectivity index (χ3v) is 2.10. The van der Waals surface area contributed by atoms with Crippen LogP contribution in [0, 0.1) is 0 Å². The lowest BCUT2D eigenvalue weighted by Gasteiger charge is -2.08. The molecule has 0 atom stereocenters. The Labute approximate surface area is 76.6 Å². The smallest absolute Gasteiger partial charge is 0.204 e. The molecule has 0 fully saturated rings. The first-order valence-corrected chi connectivity index (χ1v) is 4.84. The fraction of sp³-hybridized carbons (Fsp3) is 0.200. The fourth-order valence-corrected chi connectivity index (χ4v) is 1.84. The summed E-state index contributed by atoms with van der Waals surface area (Å²) in [4.78, 5) is 0. The van der Waals surface area contributed by atoms with Crippen LogP contribution in [0.3, 0.4) is 0 Å². The highest BCUT2D eigenvalue weighted by Gasteiger charge is 1.99. The standard InChI is InChI=1S/C10H14OSi/c1-8(2)10(11-12)9-6-4-3-5-7-9/h3-7H,1-2,12H3. The topological polar surface area (TPSA) is 9.23 Å². The maximum Gasteiger partial charge on any atom is 0.204 e. The van der Waals surface area contributed by atoms with Crippen LogP contribution in [0.5, 0.6) is 0 Å². The van der Waals surface area contributed by atoms with Crippen molar-refractivity contribution in [1.82, 2.24) is 0 Å². The first-order chi connectivity index (χ1) is 5.75. The molecule has 0 bridgehead atoms. The first kappa shape index (κ1) is 9.07. The number of allylic oxidation sites excluding steroid dienone is 1. The fourth-order valence-electron chi connectivity index (χ4n) is 1.20. The lowest BCUT2D eigenvalue weighted by molar-refractivity contribution is 0.566. The molecular formula is C10H14OSi. The van der Waals surface area contributed by atoms with Crippen LogP contribution in [0.2, 0.25) is 0 Å². The van der Waals surface area contributed by atoms with Crippen molar-refractivity contribution in [3.63, 3.8) is 0 Å². The van der Waals surface area contributed by atoms with Gasteiger partial charge in [0, 0.05) is 5.56 Å². The largest absolute Gasteiger partial charge is 0.553 e. The molecule has 0 saturated carbocycles. The second-order valence-electron chi connectivity index (χ2n) is 2.90. The van der Waals surface area contributed by atoms with E-state index in [0.29, 0.717) is 0 Å². The molecule has 12 heavy (non-hydrogen) atoms. The van der Waals surface area contributed by atoms with Crippen molar-refractivity contribution >= 4 is 16.2 Å². The van der Waals surface area contributed by atoms with Gasteiger partial charge in [0.25, 0.3) is 0 Å². The molecule has 0 radical (unpaired) electrons. The van der Waals surface area contributed by atoms with Gasteiger partial charge in [-0.2, -0.15) is 0 Å². The van der Waals surface area contributed by atoms with Gasteiger partial charge < -0.3 is 4.43 Å². The summed E-state index contributed by atoms with van der Waals surface area (Å²) in [6.45, 7) is 4.14. The van der Waals surface area contributed by atoms with Crippen molar-refractivity contribution in [3.05, 3.63) is 41.5 Å². The van der Waals surface area contributed by atoms with Gasteiger partial charge >= 0.3 is 0 Å². The lowest BCUT2D eigenvalue weighted by Crippen LogP contribution is -1.90. The van der Waals surface area contributed by atoms with Crippen molar-refractivity contribution in [2.45, 2.75) is 13.8 Å². The number of benzene rings is 1. The highest BCUT2D eigenvalue weighted by molar-refractivity contribution is 6.01. The van der Waals surface area contributed by atoms with Gasteiger partial charge in [-0.1, -0.05) is 30.3 Å².